The van der Waals surface area contributed by atoms with Crippen LogP contribution in [0, 0.1) is 0 Å². The number of fused-ring (bicyclic) bond motifs is 1. The van der Waals surface area contributed by atoms with Crippen LogP contribution in [0.4, 0.5) is 16.3 Å². The first-order chi connectivity index (χ1) is 15.5. The van der Waals surface area contributed by atoms with Crippen molar-refractivity contribution >= 4 is 51.0 Å². The van der Waals surface area contributed by atoms with E-state index in [-0.39, 0.29) is 11.7 Å². The van der Waals surface area contributed by atoms with Crippen molar-refractivity contribution in [2.24, 2.45) is 0 Å². The van der Waals surface area contributed by atoms with Gasteiger partial charge < -0.3 is 20.3 Å². The molecule has 0 atom stereocenters. The Kier molecular flexibility index (Phi) is 6.96. The van der Waals surface area contributed by atoms with Gasteiger partial charge in [0, 0.05) is 25.3 Å². The maximum atomic E-state index is 12.4. The molecule has 166 valence electrons. The second-order valence-electron chi connectivity index (χ2n) is 7.19. The van der Waals surface area contributed by atoms with Gasteiger partial charge in [0.2, 0.25) is 0 Å². The molecule has 32 heavy (non-hydrogen) atoms. The number of aromatic nitrogens is 2. The number of nitrogens with zero attached hydrogens (tertiary/aromatic N) is 2. The van der Waals surface area contributed by atoms with Crippen LogP contribution in [0.5, 0.6) is 5.88 Å². The van der Waals surface area contributed by atoms with E-state index in [0.717, 1.165) is 19.4 Å². The molecule has 2 aromatic carbocycles. The van der Waals surface area contributed by atoms with Crippen molar-refractivity contribution < 1.29 is 14.3 Å². The fraction of sp³-hybridized carbons (Fsp3) is 0.227. The molecule has 8 nitrogen and oxygen atoms in total. The first-order valence-corrected chi connectivity index (χ1v) is 11.3. The van der Waals surface area contributed by atoms with Crippen LogP contribution in [-0.4, -0.2) is 41.8 Å². The minimum Gasteiger partial charge on any atom is -0.388 e. The summed E-state index contributed by atoms with van der Waals surface area (Å²) in [5, 5.41) is 12.3. The Bertz CT molecular complexity index is 1140. The number of anilines is 2. The standard InChI is InChI=1S/C22H21BrClN5O3/c23-18-19(26-20(30)15-8-2-3-9-16(15)24)27-28-21(18)32-22(31)25-11-13-29-12-5-7-14-6-1-4-10-17(14)29/h1-4,6,8-10H,5,7,11-13H2,(H,25,31)(H2,26,27,28,30). The van der Waals surface area contributed by atoms with Gasteiger partial charge >= 0.3 is 6.09 Å². The van der Waals surface area contributed by atoms with Crippen molar-refractivity contribution in [3.8, 4) is 5.88 Å². The summed E-state index contributed by atoms with van der Waals surface area (Å²) in [6, 6.07) is 15.0. The molecule has 2 amide bonds. The molecular formula is C22H21BrClN5O3. The van der Waals surface area contributed by atoms with Gasteiger partial charge in [-0.2, -0.15) is 0 Å². The number of hydrogen-bond acceptors (Lipinski definition) is 5. The van der Waals surface area contributed by atoms with E-state index in [4.69, 9.17) is 16.3 Å². The Morgan fingerprint density at radius 1 is 1.19 bits per heavy atom. The summed E-state index contributed by atoms with van der Waals surface area (Å²) in [7, 11) is 0. The normalized spacial score (nSPS) is 12.8. The molecule has 10 heteroatoms. The van der Waals surface area contributed by atoms with Crippen LogP contribution in [0.2, 0.25) is 5.02 Å². The van der Waals surface area contributed by atoms with E-state index in [9.17, 15) is 9.59 Å². The summed E-state index contributed by atoms with van der Waals surface area (Å²) < 4.78 is 5.58. The maximum absolute atomic E-state index is 12.4. The van der Waals surface area contributed by atoms with Gasteiger partial charge in [0.05, 0.1) is 10.6 Å². The molecule has 3 aromatic rings. The first-order valence-electron chi connectivity index (χ1n) is 10.1. The number of ether oxygens (including phenoxy) is 1. The highest BCUT2D eigenvalue weighted by atomic mass is 79.9. The highest BCUT2D eigenvalue weighted by Gasteiger charge is 2.20. The molecule has 4 rings (SSSR count). The highest BCUT2D eigenvalue weighted by Crippen LogP contribution is 2.30. The number of para-hydroxylation sites is 1. The molecule has 0 radical (unpaired) electrons. The van der Waals surface area contributed by atoms with E-state index in [1.807, 2.05) is 12.1 Å². The number of benzene rings is 2. The number of H-pyrrole nitrogens is 1. The van der Waals surface area contributed by atoms with Gasteiger partial charge in [-0.15, -0.1) is 5.10 Å². The zero-order valence-electron chi connectivity index (χ0n) is 17.0. The number of aryl methyl sites for hydroxylation is 1. The molecule has 0 fully saturated rings. The molecule has 0 bridgehead atoms. The molecule has 3 N–H and O–H groups in total. The summed E-state index contributed by atoms with van der Waals surface area (Å²) in [4.78, 5) is 26.9. The lowest BCUT2D eigenvalue weighted by Gasteiger charge is -2.31. The lowest BCUT2D eigenvalue weighted by molar-refractivity contribution is 0.102. The predicted octanol–water partition coefficient (Wildman–Crippen LogP) is 4.62. The number of halogens is 2. The number of carbonyl (C=O) groups excluding carboxylic acids is 2. The zero-order chi connectivity index (χ0) is 22.5. The van der Waals surface area contributed by atoms with E-state index < -0.39 is 12.0 Å². The second-order valence-corrected chi connectivity index (χ2v) is 8.39. The van der Waals surface area contributed by atoms with Gasteiger partial charge in [-0.25, -0.2) is 4.79 Å². The summed E-state index contributed by atoms with van der Waals surface area (Å²) in [5.41, 5.74) is 2.85. The second kappa shape index (κ2) is 10.1. The van der Waals surface area contributed by atoms with Crippen molar-refractivity contribution in [2.75, 3.05) is 29.9 Å². The van der Waals surface area contributed by atoms with E-state index in [1.165, 1.54) is 11.3 Å². The molecule has 0 spiro atoms. The Hall–Kier alpha value is -3.04. The first kappa shape index (κ1) is 22.2. The Morgan fingerprint density at radius 2 is 1.97 bits per heavy atom. The zero-order valence-corrected chi connectivity index (χ0v) is 19.4. The number of hydrogen-bond donors (Lipinski definition) is 3. The summed E-state index contributed by atoms with van der Waals surface area (Å²) >= 11 is 9.35. The van der Waals surface area contributed by atoms with Crippen LogP contribution in [-0.2, 0) is 6.42 Å². The van der Waals surface area contributed by atoms with Gasteiger partial charge in [0.1, 0.15) is 10.3 Å². The van der Waals surface area contributed by atoms with Crippen molar-refractivity contribution in [1.82, 2.24) is 15.5 Å². The predicted molar refractivity (Wildman–Crippen MR) is 127 cm³/mol. The molecule has 0 saturated carbocycles. The van der Waals surface area contributed by atoms with Gasteiger partial charge in [-0.1, -0.05) is 41.9 Å². The minimum atomic E-state index is -0.633. The minimum absolute atomic E-state index is 0.0141. The topological polar surface area (TPSA) is 99.3 Å². The third-order valence-electron chi connectivity index (χ3n) is 5.08. The smallest absolute Gasteiger partial charge is 0.388 e. The maximum Gasteiger partial charge on any atom is 0.414 e. The summed E-state index contributed by atoms with van der Waals surface area (Å²) in [5.74, 6) is -0.152. The Labute approximate surface area is 198 Å². The molecule has 0 saturated heterocycles. The van der Waals surface area contributed by atoms with E-state index >= 15 is 0 Å². The molecule has 0 unspecified atom stereocenters. The molecule has 1 aliphatic heterocycles. The largest absolute Gasteiger partial charge is 0.414 e. The van der Waals surface area contributed by atoms with E-state index in [1.54, 1.807) is 24.3 Å². The van der Waals surface area contributed by atoms with E-state index in [2.05, 4.69) is 53.8 Å². The lowest BCUT2D eigenvalue weighted by atomic mass is 10.0. The van der Waals surface area contributed by atoms with Crippen LogP contribution in [0.15, 0.2) is 53.0 Å². The average Bonchev–Trinajstić information content (AvgIpc) is 3.13. The van der Waals surface area contributed by atoms with Crippen LogP contribution in [0.1, 0.15) is 22.3 Å². The van der Waals surface area contributed by atoms with Crippen LogP contribution in [0.25, 0.3) is 0 Å². The molecule has 1 aliphatic rings. The third kappa shape index (κ3) is 5.05. The lowest BCUT2D eigenvalue weighted by Crippen LogP contribution is -2.38. The number of nitrogens with one attached hydrogen (secondary N) is 3. The SMILES string of the molecule is O=C(NCCN1CCCc2ccccc21)Oc1n[nH]c(NC(=O)c2ccccc2Cl)c1Br. The van der Waals surface area contributed by atoms with Gasteiger partial charge in [0.15, 0.2) is 0 Å². The summed E-state index contributed by atoms with van der Waals surface area (Å²) in [6.07, 6.45) is 1.53. The number of rotatable bonds is 6. The van der Waals surface area contributed by atoms with Crippen molar-refractivity contribution in [2.45, 2.75) is 12.8 Å². The number of aromatic amines is 1. The fourth-order valence-electron chi connectivity index (χ4n) is 3.55. The fourth-order valence-corrected chi connectivity index (χ4v) is 4.13. The van der Waals surface area contributed by atoms with Gasteiger partial charge in [-0.05, 0) is 52.5 Å². The number of amides is 2. The number of carbonyl (C=O) groups is 2. The summed E-state index contributed by atoms with van der Waals surface area (Å²) in [6.45, 7) is 2.05. The molecule has 2 heterocycles. The highest BCUT2D eigenvalue weighted by molar-refractivity contribution is 9.10. The van der Waals surface area contributed by atoms with Crippen molar-refractivity contribution in [1.29, 1.82) is 0 Å². The molecular weight excluding hydrogens is 498 g/mol. The van der Waals surface area contributed by atoms with Crippen LogP contribution < -0.4 is 20.3 Å². The van der Waals surface area contributed by atoms with Crippen LogP contribution in [0.3, 0.4) is 0 Å². The quantitative estimate of drug-likeness (QED) is 0.442. The average molecular weight is 519 g/mol. The van der Waals surface area contributed by atoms with Gasteiger partial charge in [0.25, 0.3) is 11.8 Å². The van der Waals surface area contributed by atoms with Gasteiger partial charge in [-0.3, -0.25) is 9.89 Å². The van der Waals surface area contributed by atoms with Crippen LogP contribution >= 0.6 is 27.5 Å². The molecule has 1 aromatic heterocycles. The monoisotopic (exact) mass is 517 g/mol. The Balaban J connectivity index is 1.30. The molecule has 0 aliphatic carbocycles. The third-order valence-corrected chi connectivity index (χ3v) is 6.15. The van der Waals surface area contributed by atoms with E-state index in [0.29, 0.717) is 28.1 Å². The van der Waals surface area contributed by atoms with Crippen molar-refractivity contribution in [3.63, 3.8) is 0 Å². The van der Waals surface area contributed by atoms with Crippen molar-refractivity contribution in [3.05, 3.63) is 69.2 Å². The Morgan fingerprint density at radius 3 is 2.81 bits per heavy atom.